The first-order valence-electron chi connectivity index (χ1n) is 10.1. The summed E-state index contributed by atoms with van der Waals surface area (Å²) in [6.45, 7) is -0.0224. The van der Waals surface area contributed by atoms with Crippen molar-refractivity contribution in [3.63, 3.8) is 0 Å². The van der Waals surface area contributed by atoms with Gasteiger partial charge in [0.25, 0.3) is 12.8 Å². The molecule has 0 amide bonds. The van der Waals surface area contributed by atoms with Crippen molar-refractivity contribution in [3.8, 4) is 39.4 Å². The lowest BCUT2D eigenvalue weighted by Gasteiger charge is -2.33. The molecule has 1 aromatic heterocycles. The summed E-state index contributed by atoms with van der Waals surface area (Å²) in [4.78, 5) is 4.26. The van der Waals surface area contributed by atoms with Gasteiger partial charge < -0.3 is 4.74 Å². The molecule has 0 atom stereocenters. The van der Waals surface area contributed by atoms with Crippen molar-refractivity contribution in [2.24, 2.45) is 0 Å². The third-order valence-corrected chi connectivity index (χ3v) is 6.76. The van der Waals surface area contributed by atoms with Crippen LogP contribution < -0.4 is 21.1 Å². The second-order valence-electron chi connectivity index (χ2n) is 8.10. The highest BCUT2D eigenvalue weighted by Crippen LogP contribution is 2.41. The van der Waals surface area contributed by atoms with Gasteiger partial charge in [0.05, 0.1) is 11.0 Å². The first-order valence-corrected chi connectivity index (χ1v) is 10.1. The van der Waals surface area contributed by atoms with Gasteiger partial charge in [-0.25, -0.2) is 4.98 Å². The molecule has 3 aliphatic rings. The number of ether oxygens (including phenoxy) is 1. The third kappa shape index (κ3) is 1.52. The first kappa shape index (κ1) is 15.0. The van der Waals surface area contributed by atoms with Gasteiger partial charge in [-0.2, -0.15) is 4.39 Å². The molecule has 0 radical (unpaired) electrons. The summed E-state index contributed by atoms with van der Waals surface area (Å²) in [5, 5.41) is 0. The maximum atomic E-state index is 15.1. The minimum absolute atomic E-state index is 0.0224. The maximum absolute atomic E-state index is 15.1. The van der Waals surface area contributed by atoms with E-state index in [4.69, 9.17) is 4.74 Å². The average molecular weight is 386 g/mol. The number of nitrogens with zero attached hydrogens (tertiary/aromatic N) is 2. The molecule has 0 saturated heterocycles. The second kappa shape index (κ2) is 4.82. The zero-order chi connectivity index (χ0) is 19.6. The summed E-state index contributed by atoms with van der Waals surface area (Å²) in [7, 11) is 0. The molecule has 30 heavy (non-hydrogen) atoms. The van der Waals surface area contributed by atoms with Crippen LogP contribution in [0.4, 0.5) is 4.39 Å². The molecule has 5 aromatic rings. The predicted octanol–water partition coefficient (Wildman–Crippen LogP) is 3.75. The molecule has 5 heteroatoms. The molecule has 0 N–H and O–H groups in total. The van der Waals surface area contributed by atoms with E-state index in [1.54, 1.807) is 4.57 Å². The average Bonchev–Trinajstić information content (AvgIpc) is 3.06. The van der Waals surface area contributed by atoms with E-state index in [0.717, 1.165) is 50.2 Å². The Morgan fingerprint density at radius 2 is 1.40 bits per heavy atom. The number of imidazole rings is 1. The number of benzene rings is 4. The highest BCUT2D eigenvalue weighted by molar-refractivity contribution is 7.01. The highest BCUT2D eigenvalue weighted by atomic mass is 19.1. The van der Waals surface area contributed by atoms with Crippen molar-refractivity contribution in [1.82, 2.24) is 9.55 Å². The van der Waals surface area contributed by atoms with Crippen LogP contribution in [-0.2, 0) is 0 Å². The van der Waals surface area contributed by atoms with Crippen molar-refractivity contribution in [1.29, 1.82) is 0 Å². The van der Waals surface area contributed by atoms with Gasteiger partial charge in [0.2, 0.25) is 0 Å². The summed E-state index contributed by atoms with van der Waals surface area (Å²) in [6, 6.07) is 24.6. The van der Waals surface area contributed by atoms with E-state index in [0.29, 0.717) is 5.52 Å². The monoisotopic (exact) mass is 386 g/mol. The van der Waals surface area contributed by atoms with E-state index < -0.39 is 6.08 Å². The number of aromatic nitrogens is 2. The van der Waals surface area contributed by atoms with Crippen molar-refractivity contribution in [3.05, 3.63) is 78.9 Å². The molecule has 3 nitrogen and oxygen atoms in total. The molecule has 4 heterocycles. The Bertz CT molecular complexity index is 1600. The van der Waals surface area contributed by atoms with E-state index in [-0.39, 0.29) is 6.71 Å². The molecule has 0 aliphatic carbocycles. The van der Waals surface area contributed by atoms with Crippen LogP contribution >= 0.6 is 0 Å². The van der Waals surface area contributed by atoms with Crippen LogP contribution in [0.15, 0.2) is 72.8 Å². The number of hydrogen-bond donors (Lipinski definition) is 0. The zero-order valence-electron chi connectivity index (χ0n) is 15.7. The summed E-state index contributed by atoms with van der Waals surface area (Å²) in [6.07, 6.45) is -0.484. The van der Waals surface area contributed by atoms with Crippen LogP contribution in [0.5, 0.6) is 11.5 Å². The van der Waals surface area contributed by atoms with Gasteiger partial charge in [-0.3, -0.25) is 4.57 Å². The Morgan fingerprint density at radius 3 is 2.23 bits per heavy atom. The molecular weight excluding hydrogens is 374 g/mol. The minimum Gasteiger partial charge on any atom is -0.458 e. The fourth-order valence-corrected chi connectivity index (χ4v) is 5.69. The number of rotatable bonds is 0. The van der Waals surface area contributed by atoms with Crippen LogP contribution in [0.1, 0.15) is 0 Å². The minimum atomic E-state index is -0.484. The molecule has 0 bridgehead atoms. The second-order valence-corrected chi connectivity index (χ2v) is 8.10. The van der Waals surface area contributed by atoms with Crippen molar-refractivity contribution < 1.29 is 9.13 Å². The Balaban J connectivity index is 1.71. The lowest BCUT2D eigenvalue weighted by atomic mass is 9.33. The molecule has 3 aliphatic heterocycles. The normalized spacial score (nSPS) is 13.7. The van der Waals surface area contributed by atoms with Gasteiger partial charge in [-0.15, -0.1) is 0 Å². The predicted molar refractivity (Wildman–Crippen MR) is 117 cm³/mol. The van der Waals surface area contributed by atoms with E-state index >= 15 is 4.39 Å². The van der Waals surface area contributed by atoms with Crippen LogP contribution in [0.3, 0.4) is 0 Å². The summed E-state index contributed by atoms with van der Waals surface area (Å²) in [5.74, 6) is 1.66. The summed E-state index contributed by atoms with van der Waals surface area (Å²) in [5.41, 5.74) is 10.3. The van der Waals surface area contributed by atoms with Gasteiger partial charge in [0, 0.05) is 5.69 Å². The molecule has 138 valence electrons. The van der Waals surface area contributed by atoms with Crippen molar-refractivity contribution in [2.45, 2.75) is 0 Å². The SMILES string of the molecule is Fc1nc2ccc3c4c2n1-c1cccc2c1B4c1c(cccc1-c1ccccc1-3)O2. The summed E-state index contributed by atoms with van der Waals surface area (Å²) >= 11 is 0. The van der Waals surface area contributed by atoms with Gasteiger partial charge in [-0.05, 0) is 62.9 Å². The van der Waals surface area contributed by atoms with E-state index in [1.165, 1.54) is 11.1 Å². The highest BCUT2D eigenvalue weighted by Gasteiger charge is 2.44. The van der Waals surface area contributed by atoms with E-state index in [1.807, 2.05) is 30.3 Å². The van der Waals surface area contributed by atoms with E-state index in [2.05, 4.69) is 47.4 Å². The van der Waals surface area contributed by atoms with Gasteiger partial charge in [0.1, 0.15) is 11.5 Å². The Hall–Kier alpha value is -3.86. The molecule has 4 aromatic carbocycles. The smallest absolute Gasteiger partial charge is 0.294 e. The van der Waals surface area contributed by atoms with Crippen molar-refractivity contribution in [2.75, 3.05) is 0 Å². The fourth-order valence-electron chi connectivity index (χ4n) is 5.69. The van der Waals surface area contributed by atoms with Gasteiger partial charge in [0.15, 0.2) is 0 Å². The van der Waals surface area contributed by atoms with Gasteiger partial charge in [-0.1, -0.05) is 48.5 Å². The van der Waals surface area contributed by atoms with Crippen molar-refractivity contribution >= 4 is 34.1 Å². The lowest BCUT2D eigenvalue weighted by molar-refractivity contribution is 0.486. The molecular formula is C25H12BFN2O. The Labute approximate surface area is 171 Å². The molecule has 0 saturated carbocycles. The summed E-state index contributed by atoms with van der Waals surface area (Å²) < 4.78 is 23.2. The quantitative estimate of drug-likeness (QED) is 0.371. The maximum Gasteiger partial charge on any atom is 0.294 e. The fraction of sp³-hybridized carbons (Fsp3) is 0. The van der Waals surface area contributed by atoms with Crippen LogP contribution in [0, 0.1) is 6.08 Å². The van der Waals surface area contributed by atoms with Crippen LogP contribution in [-0.4, -0.2) is 16.3 Å². The van der Waals surface area contributed by atoms with E-state index in [9.17, 15) is 0 Å². The molecule has 0 fully saturated rings. The third-order valence-electron chi connectivity index (χ3n) is 6.76. The number of hydrogen-bond acceptors (Lipinski definition) is 2. The molecule has 0 spiro atoms. The zero-order valence-corrected chi connectivity index (χ0v) is 15.7. The lowest BCUT2D eigenvalue weighted by Crippen LogP contribution is -2.59. The molecule has 8 rings (SSSR count). The standard InChI is InChI=1S/C25H12BFN2O/c27-25-28-17-12-11-16-14-6-2-1-5-13(14)15-7-3-9-19-21(15)26-22(16)24(17)29(25)18-8-4-10-20(30-19)23(18)26/h1-12H. The Kier molecular flexibility index (Phi) is 2.42. The largest absolute Gasteiger partial charge is 0.458 e. The van der Waals surface area contributed by atoms with Crippen LogP contribution in [0.25, 0.3) is 39.0 Å². The molecule has 0 unspecified atom stereocenters. The Morgan fingerprint density at radius 1 is 0.700 bits per heavy atom. The first-order chi connectivity index (χ1) is 14.8. The van der Waals surface area contributed by atoms with Gasteiger partial charge >= 0.3 is 0 Å². The topological polar surface area (TPSA) is 27.1 Å². The van der Waals surface area contributed by atoms with Crippen LogP contribution in [0.2, 0.25) is 0 Å². The number of halogens is 1. The number of fused-ring (bicyclic) bond motifs is 4.